The van der Waals surface area contributed by atoms with E-state index in [1.807, 2.05) is 5.32 Å². The number of unbranched alkanes of at least 4 members (excludes halogenated alkanes) is 6. The van der Waals surface area contributed by atoms with Gasteiger partial charge in [0, 0.05) is 124 Å². The highest BCUT2D eigenvalue weighted by Crippen LogP contribution is 2.52. The van der Waals surface area contributed by atoms with E-state index in [2.05, 4.69) is 169 Å². The highest BCUT2D eigenvalue weighted by atomic mass is 16.4. The summed E-state index contributed by atoms with van der Waals surface area (Å²) in [5, 5.41) is 76.3. The van der Waals surface area contributed by atoms with Crippen molar-refractivity contribution < 1.29 is 103 Å². The molecule has 6 atom stereocenters. The van der Waals surface area contributed by atoms with Gasteiger partial charge in [-0.3, -0.25) is 57.5 Å². The minimum absolute atomic E-state index is 0.0200. The van der Waals surface area contributed by atoms with Crippen molar-refractivity contribution in [1.29, 1.82) is 0 Å². The first-order chi connectivity index (χ1) is 56.6. The van der Waals surface area contributed by atoms with E-state index in [0.29, 0.717) is 83.5 Å². The molecule has 1 aliphatic heterocycles. The molecule has 4 aromatic rings. The Bertz CT molecular complexity index is 4490. The fraction of sp³-hybridized carbons (Fsp3) is 0.522. The number of carboxylic acids is 6. The molecule has 644 valence electrons. The number of hydrogen-bond acceptors (Lipinski definition) is 16. The van der Waals surface area contributed by atoms with Crippen LogP contribution in [0.3, 0.4) is 0 Å². The number of carbonyl (C=O) groups excluding carboxylic acids is 9. The lowest BCUT2D eigenvalue weighted by Crippen LogP contribution is -2.51. The van der Waals surface area contributed by atoms with Crippen LogP contribution < -0.4 is 42.5 Å². The Morgan fingerprint density at radius 3 is 1.63 bits per heavy atom. The van der Waals surface area contributed by atoms with Gasteiger partial charge in [0.15, 0.2) is 5.78 Å². The second kappa shape index (κ2) is 46.1. The number of hydrogen-bond donors (Lipinski definition) is 13. The number of primary amides is 1. The number of aliphatic carboxylic acids is 6. The summed E-state index contributed by atoms with van der Waals surface area (Å²) in [6.45, 7) is 9.69. The number of urea groups is 1. The highest BCUT2D eigenvalue weighted by Gasteiger charge is 2.41. The smallest absolute Gasteiger partial charge is 0.326 e. The predicted octanol–water partition coefficient (Wildman–Crippen LogP) is 11.6. The van der Waals surface area contributed by atoms with Crippen molar-refractivity contribution in [3.05, 3.63) is 131 Å². The molecule has 1 saturated carbocycles. The van der Waals surface area contributed by atoms with E-state index in [0.717, 1.165) is 19.3 Å². The van der Waals surface area contributed by atoms with Crippen LogP contribution in [-0.2, 0) is 78.0 Å². The van der Waals surface area contributed by atoms with Crippen LogP contribution in [0.25, 0.3) is 27.1 Å². The molecule has 0 spiro atoms. The van der Waals surface area contributed by atoms with Crippen LogP contribution in [0, 0.1) is 23.7 Å². The molecule has 6 unspecified atom stereocenters. The van der Waals surface area contributed by atoms with E-state index in [1.54, 1.807) is 0 Å². The maximum absolute atomic E-state index is 14.2. The molecule has 4 aromatic carbocycles. The Morgan fingerprint density at radius 2 is 1.03 bits per heavy atom. The number of ketones is 3. The van der Waals surface area contributed by atoms with Crippen molar-refractivity contribution in [3.8, 4) is 0 Å². The number of Topliss-reactive ketones (excluding diaryl/α,β-unsaturated/α-hetero) is 3. The zero-order chi connectivity index (χ0) is 87.1. The number of amides is 7. The number of allylic oxidation sites excluding steroid dienone is 8. The van der Waals surface area contributed by atoms with Crippen LogP contribution in [0.15, 0.2) is 114 Å². The van der Waals surface area contributed by atoms with Gasteiger partial charge in [-0.05, 0) is 170 Å². The molecular weight excluding hydrogens is 1530 g/mol. The number of nitrogens with one attached hydrogen (secondary N) is 6. The van der Waals surface area contributed by atoms with Crippen LogP contribution in [0.2, 0.25) is 0 Å². The first-order valence-corrected chi connectivity index (χ1v) is 41.6. The number of rotatable bonds is 53. The number of benzene rings is 4. The molecule has 29 nitrogen and oxygen atoms in total. The van der Waals surface area contributed by atoms with Crippen LogP contribution >= 0.6 is 0 Å². The monoisotopic (exact) mass is 1650 g/mol. The second-order valence-corrected chi connectivity index (χ2v) is 32.7. The molecule has 0 saturated heterocycles. The summed E-state index contributed by atoms with van der Waals surface area (Å²) in [5.41, 5.74) is 14.2. The lowest BCUT2D eigenvalue weighted by molar-refractivity contribution is -0.141. The van der Waals surface area contributed by atoms with Crippen molar-refractivity contribution in [2.75, 3.05) is 25.0 Å². The quantitative estimate of drug-likeness (QED) is 0.0144. The number of carboxylic acid groups (broad SMARTS) is 6. The molecule has 1 fully saturated rings. The van der Waals surface area contributed by atoms with E-state index in [1.165, 1.54) is 60.8 Å². The molecule has 3 aliphatic rings. The fourth-order valence-corrected chi connectivity index (χ4v) is 16.6. The Kier molecular flexibility index (Phi) is 36.7. The molecule has 14 N–H and O–H groups in total. The van der Waals surface area contributed by atoms with Crippen LogP contribution in [0.4, 0.5) is 10.5 Å². The lowest BCUT2D eigenvalue weighted by Gasteiger charge is -2.28. The van der Waals surface area contributed by atoms with E-state index in [4.69, 9.17) is 10.8 Å². The van der Waals surface area contributed by atoms with Gasteiger partial charge in [0.25, 0.3) is 0 Å². The molecule has 0 aromatic heterocycles. The molecule has 0 radical (unpaired) electrons. The largest absolute Gasteiger partial charge is 0.481 e. The zero-order valence-electron chi connectivity index (χ0n) is 68.9. The number of carbonyl (C=O) groups is 15. The summed E-state index contributed by atoms with van der Waals surface area (Å²) < 4.78 is 0. The van der Waals surface area contributed by atoms with E-state index >= 15 is 0 Å². The Balaban J connectivity index is 0.819. The molecule has 2 aliphatic carbocycles. The Morgan fingerprint density at radius 1 is 0.487 bits per heavy atom. The van der Waals surface area contributed by atoms with Gasteiger partial charge in [0.2, 0.25) is 29.5 Å². The summed E-state index contributed by atoms with van der Waals surface area (Å²) in [5.74, 6) is -15.8. The number of likely N-dealkylation sites (N-methyl/N-ethyl adjacent to an activating group) is 1. The van der Waals surface area contributed by atoms with Crippen LogP contribution in [0.1, 0.15) is 237 Å². The SMILES string of the molecule is CN1/C(=C/C=C/C=C/C2=C(CCCCCC(=O)CCCCCC(NC(=O)C(CCC(=O)O)CC(=O)C(CCC(=O)O)CC(=O)C(CCC(=O)O)NC(=O)CCCCCNC(=O)C3CCC(CNC(=O)CCC(NC(=O)NC(CCC(=O)O)C(=O)O)C(=O)O)CC3)C(N)=O)c3ccc4ccccc4c3C2(C)C)C(C)(C)c2c1ccc1ccccc21. The number of anilines is 1. The normalized spacial score (nSPS) is 17.2. The highest BCUT2D eigenvalue weighted by molar-refractivity contribution is 5.99. The molecular formula is C90H118N8O21. The Hall–Kier alpha value is -11.4. The van der Waals surface area contributed by atoms with Gasteiger partial charge in [0.05, 0.1) is 6.04 Å². The minimum atomic E-state index is -1.59. The number of nitrogens with zero attached hydrogens (tertiary/aromatic N) is 1. The molecule has 7 amide bonds. The third-order valence-electron chi connectivity index (χ3n) is 23.2. The van der Waals surface area contributed by atoms with Crippen molar-refractivity contribution >= 4 is 122 Å². The predicted molar refractivity (Wildman–Crippen MR) is 447 cm³/mol. The molecule has 7 rings (SSSR count). The van der Waals surface area contributed by atoms with Crippen LogP contribution in [-0.4, -0.2) is 164 Å². The van der Waals surface area contributed by atoms with E-state index < -0.39 is 164 Å². The van der Waals surface area contributed by atoms with Gasteiger partial charge in [-0.1, -0.05) is 144 Å². The third kappa shape index (κ3) is 28.7. The molecule has 0 bridgehead atoms. The van der Waals surface area contributed by atoms with Crippen LogP contribution in [0.5, 0.6) is 0 Å². The molecule has 1 heterocycles. The van der Waals surface area contributed by atoms with Gasteiger partial charge in [-0.2, -0.15) is 0 Å². The first-order valence-electron chi connectivity index (χ1n) is 41.6. The summed E-state index contributed by atoms with van der Waals surface area (Å²) in [4.78, 5) is 191. The van der Waals surface area contributed by atoms with Gasteiger partial charge < -0.3 is 73.2 Å². The summed E-state index contributed by atoms with van der Waals surface area (Å²) in [7, 11) is 2.13. The van der Waals surface area contributed by atoms with Gasteiger partial charge in [-0.25, -0.2) is 14.4 Å². The number of fused-ring (bicyclic) bond motifs is 6. The van der Waals surface area contributed by atoms with Crippen molar-refractivity contribution in [1.82, 2.24) is 31.9 Å². The van der Waals surface area contributed by atoms with E-state index in [-0.39, 0.29) is 86.0 Å². The summed E-state index contributed by atoms with van der Waals surface area (Å²) >= 11 is 0. The van der Waals surface area contributed by atoms with Gasteiger partial charge >= 0.3 is 41.8 Å². The fourth-order valence-electron chi connectivity index (χ4n) is 16.6. The molecule has 29 heteroatoms. The van der Waals surface area contributed by atoms with Crippen molar-refractivity contribution in [2.45, 2.75) is 255 Å². The maximum Gasteiger partial charge on any atom is 0.326 e. The minimum Gasteiger partial charge on any atom is -0.481 e. The summed E-state index contributed by atoms with van der Waals surface area (Å²) in [6, 6.07) is 18.9. The third-order valence-corrected chi connectivity index (χ3v) is 23.2. The topological polar surface area (TPSA) is 479 Å². The molecule has 119 heavy (non-hydrogen) atoms. The van der Waals surface area contributed by atoms with Gasteiger partial charge in [-0.15, -0.1) is 0 Å². The average molecular weight is 1650 g/mol. The van der Waals surface area contributed by atoms with Gasteiger partial charge in [0.1, 0.15) is 29.7 Å². The zero-order valence-corrected chi connectivity index (χ0v) is 68.9. The Labute approximate surface area is 693 Å². The maximum atomic E-state index is 14.2. The standard InChI is InChI=1S/C90H118N8O21/c1-89(2)66(29-13-8-15-31-74-90(3,4)82-63-27-20-18-23-57(63)38-45-71(82)98(74)5)64(65-41-37-56-22-17-19-26-62(56)81(65)89)28-12-6-10-24-61(99)25-11-7-14-30-68(83(91)112)95-85(114)60(40-48-78(106)107)53-72(100)59(39-47-77(104)105)52-73(101)67(43-49-79(108)109)94-76(103)32-16-9-21-51-92-84(113)58-35-33-55(34-36-58)54-93-75(102)46-42-69(86(115)116)96-88(119)97-70(87(117)118)44-50-80(110)111/h8,13,15,17-20,22-23,26-27,29,31,37-38,41,45,55,58-60,67-70H,6-7,9-12,14,16,21,24-25,28,30,32-36,39-40,42-44,46-54H2,1-5H3,(H2,91,112)(H,92,113)(H,93,102)(H,94,103)(H,95,114)(H,104,105)(H,106,107)(H,108,109)(H,110,111)(H,115,116)(H,117,118)(H2,96,97,119)/b15-8+,29-13+,74-31+. The number of nitrogens with two attached hydrogens (primary N) is 1. The first kappa shape index (κ1) is 94.8. The van der Waals surface area contributed by atoms with E-state index in [9.17, 15) is 97.5 Å². The van der Waals surface area contributed by atoms with Crippen molar-refractivity contribution in [3.63, 3.8) is 0 Å². The average Bonchev–Trinajstić information content (AvgIpc) is 1.58. The lowest BCUT2D eigenvalue weighted by atomic mass is 9.79. The second-order valence-electron chi connectivity index (χ2n) is 32.7. The van der Waals surface area contributed by atoms with Crippen molar-refractivity contribution in [2.24, 2.45) is 29.4 Å². The summed E-state index contributed by atoms with van der Waals surface area (Å²) in [6.07, 6.45) is 13.7.